The van der Waals surface area contributed by atoms with Crippen molar-refractivity contribution in [2.75, 3.05) is 31.6 Å². The first-order valence-electron chi connectivity index (χ1n) is 6.09. The van der Waals surface area contributed by atoms with Crippen LogP contribution < -0.4 is 10.2 Å². The minimum atomic E-state index is -0.536. The number of aromatic nitrogens is 1. The smallest absolute Gasteiger partial charge is 0.289 e. The highest BCUT2D eigenvalue weighted by molar-refractivity contribution is 5.57. The molecule has 1 aromatic heterocycles. The highest BCUT2D eigenvalue weighted by Crippen LogP contribution is 2.26. The van der Waals surface area contributed by atoms with Crippen molar-refractivity contribution in [2.45, 2.75) is 6.42 Å². The zero-order chi connectivity index (χ0) is 13.8. The lowest BCUT2D eigenvalue weighted by Crippen LogP contribution is -2.25. The molecule has 0 radical (unpaired) electrons. The molecule has 0 aliphatic carbocycles. The minimum Gasteiger partial charge on any atom is -0.355 e. The number of pyridine rings is 1. The lowest BCUT2D eigenvalue weighted by atomic mass is 10.1. The number of anilines is 1. The first kappa shape index (κ1) is 13.2. The summed E-state index contributed by atoms with van der Waals surface area (Å²) in [5, 5.41) is 22.9. The van der Waals surface area contributed by atoms with Gasteiger partial charge >= 0.3 is 0 Å². The van der Waals surface area contributed by atoms with Gasteiger partial charge in [-0.25, -0.2) is 4.98 Å². The molecule has 1 atom stereocenters. The number of nitriles is 1. The van der Waals surface area contributed by atoms with Crippen LogP contribution in [0.4, 0.5) is 11.5 Å². The summed E-state index contributed by atoms with van der Waals surface area (Å²) in [7, 11) is 1.91. The molecule has 0 aromatic carbocycles. The molecule has 1 aromatic rings. The van der Waals surface area contributed by atoms with Crippen LogP contribution in [0.5, 0.6) is 0 Å². The van der Waals surface area contributed by atoms with E-state index in [1.165, 1.54) is 12.3 Å². The van der Waals surface area contributed by atoms with E-state index in [4.69, 9.17) is 5.26 Å². The quantitative estimate of drug-likeness (QED) is 0.639. The van der Waals surface area contributed by atoms with Gasteiger partial charge in [-0.1, -0.05) is 0 Å². The zero-order valence-electron chi connectivity index (χ0n) is 10.7. The minimum absolute atomic E-state index is 0.147. The Morgan fingerprint density at radius 1 is 1.74 bits per heavy atom. The number of nitro groups is 1. The highest BCUT2D eigenvalue weighted by Gasteiger charge is 2.25. The Bertz CT molecular complexity index is 525. The second kappa shape index (κ2) is 5.63. The second-order valence-corrected chi connectivity index (χ2v) is 4.59. The van der Waals surface area contributed by atoms with Crippen molar-refractivity contribution in [1.82, 2.24) is 10.3 Å². The molecular weight excluding hydrogens is 246 g/mol. The predicted molar refractivity (Wildman–Crippen MR) is 69.9 cm³/mol. The van der Waals surface area contributed by atoms with Crippen LogP contribution in [-0.2, 0) is 0 Å². The molecule has 0 bridgehead atoms. The highest BCUT2D eigenvalue weighted by atomic mass is 16.6. The third-order valence-electron chi connectivity index (χ3n) is 3.26. The molecule has 2 heterocycles. The van der Waals surface area contributed by atoms with Crippen LogP contribution in [0, 0.1) is 27.4 Å². The van der Waals surface area contributed by atoms with E-state index in [0.29, 0.717) is 11.7 Å². The summed E-state index contributed by atoms with van der Waals surface area (Å²) in [6, 6.07) is 3.28. The van der Waals surface area contributed by atoms with Crippen molar-refractivity contribution in [3.63, 3.8) is 0 Å². The average molecular weight is 261 g/mol. The molecule has 1 N–H and O–H groups in total. The third-order valence-corrected chi connectivity index (χ3v) is 3.26. The molecule has 1 fully saturated rings. The van der Waals surface area contributed by atoms with Gasteiger partial charge in [-0.3, -0.25) is 10.1 Å². The summed E-state index contributed by atoms with van der Waals surface area (Å²) in [5.74, 6) is 1.07. The number of nitrogens with one attached hydrogen (secondary N) is 1. The fraction of sp³-hybridized carbons (Fsp3) is 0.500. The Morgan fingerprint density at radius 3 is 3.16 bits per heavy atom. The number of hydrogen-bond acceptors (Lipinski definition) is 6. The molecule has 1 aliphatic rings. The van der Waals surface area contributed by atoms with E-state index in [1.807, 2.05) is 18.0 Å². The molecule has 7 nitrogen and oxygen atoms in total. The van der Waals surface area contributed by atoms with Gasteiger partial charge in [0.15, 0.2) is 0 Å². The van der Waals surface area contributed by atoms with Crippen molar-refractivity contribution >= 4 is 11.5 Å². The van der Waals surface area contributed by atoms with Crippen molar-refractivity contribution in [1.29, 1.82) is 5.26 Å². The lowest BCUT2D eigenvalue weighted by molar-refractivity contribution is -0.385. The molecule has 1 unspecified atom stereocenters. The van der Waals surface area contributed by atoms with Crippen LogP contribution >= 0.6 is 0 Å². The first-order chi connectivity index (χ1) is 9.15. The van der Waals surface area contributed by atoms with Gasteiger partial charge in [-0.15, -0.1) is 0 Å². The molecule has 7 heteroatoms. The molecule has 19 heavy (non-hydrogen) atoms. The maximum Gasteiger partial charge on any atom is 0.289 e. The Morgan fingerprint density at radius 2 is 2.53 bits per heavy atom. The zero-order valence-corrected chi connectivity index (χ0v) is 10.7. The summed E-state index contributed by atoms with van der Waals surface area (Å²) in [5.41, 5.74) is 0.116. The summed E-state index contributed by atoms with van der Waals surface area (Å²) in [6.45, 7) is 2.57. The number of hydrogen-bond donors (Lipinski definition) is 1. The Kier molecular flexibility index (Phi) is 3.92. The lowest BCUT2D eigenvalue weighted by Gasteiger charge is -2.18. The topological polar surface area (TPSA) is 95.1 Å². The summed E-state index contributed by atoms with van der Waals surface area (Å²) in [6.07, 6.45) is 2.24. The maximum absolute atomic E-state index is 10.7. The molecule has 0 spiro atoms. The van der Waals surface area contributed by atoms with E-state index < -0.39 is 4.92 Å². The standard InChI is InChI=1S/C12H15N5O2/c1-14-6-9-2-3-16(8-9)12-10(5-13)4-11(7-15-12)17(18)19/h4,7,9,14H,2-3,6,8H2,1H3. The van der Waals surface area contributed by atoms with Crippen molar-refractivity contribution < 1.29 is 4.92 Å². The second-order valence-electron chi connectivity index (χ2n) is 4.59. The largest absolute Gasteiger partial charge is 0.355 e. The van der Waals surface area contributed by atoms with Crippen LogP contribution in [0.1, 0.15) is 12.0 Å². The van der Waals surface area contributed by atoms with Crippen LogP contribution in [0.25, 0.3) is 0 Å². The van der Waals surface area contributed by atoms with E-state index in [-0.39, 0.29) is 11.3 Å². The van der Waals surface area contributed by atoms with Gasteiger partial charge in [-0.05, 0) is 25.9 Å². The van der Waals surface area contributed by atoms with Crippen LogP contribution in [0.3, 0.4) is 0 Å². The fourth-order valence-corrected chi connectivity index (χ4v) is 2.36. The summed E-state index contributed by atoms with van der Waals surface area (Å²) >= 11 is 0. The van der Waals surface area contributed by atoms with Gasteiger partial charge in [0.1, 0.15) is 23.6 Å². The van der Waals surface area contributed by atoms with E-state index in [9.17, 15) is 10.1 Å². The fourth-order valence-electron chi connectivity index (χ4n) is 2.36. The first-order valence-corrected chi connectivity index (χ1v) is 6.09. The molecule has 0 amide bonds. The molecular formula is C12H15N5O2. The van der Waals surface area contributed by atoms with Gasteiger partial charge in [0.2, 0.25) is 0 Å². The average Bonchev–Trinajstić information content (AvgIpc) is 2.86. The normalized spacial score (nSPS) is 18.3. The maximum atomic E-state index is 10.7. The third kappa shape index (κ3) is 2.80. The Hall–Kier alpha value is -2.20. The summed E-state index contributed by atoms with van der Waals surface area (Å²) in [4.78, 5) is 16.2. The predicted octanol–water partition coefficient (Wildman–Crippen LogP) is 0.907. The number of nitrogens with zero attached hydrogens (tertiary/aromatic N) is 4. The van der Waals surface area contributed by atoms with Gasteiger partial charge in [0, 0.05) is 19.2 Å². The Balaban J connectivity index is 2.22. The van der Waals surface area contributed by atoms with Crippen LogP contribution in [-0.4, -0.2) is 36.6 Å². The van der Waals surface area contributed by atoms with Crippen molar-refractivity contribution in [3.8, 4) is 6.07 Å². The number of rotatable bonds is 4. The van der Waals surface area contributed by atoms with Crippen molar-refractivity contribution in [3.05, 3.63) is 27.9 Å². The van der Waals surface area contributed by atoms with Gasteiger partial charge in [0.25, 0.3) is 5.69 Å². The molecule has 1 aliphatic heterocycles. The molecule has 1 saturated heterocycles. The van der Waals surface area contributed by atoms with Gasteiger partial charge in [-0.2, -0.15) is 5.26 Å². The van der Waals surface area contributed by atoms with E-state index in [2.05, 4.69) is 10.3 Å². The monoisotopic (exact) mass is 261 g/mol. The SMILES string of the molecule is CNCC1CCN(c2ncc([N+](=O)[O-])cc2C#N)C1. The van der Waals surface area contributed by atoms with Crippen molar-refractivity contribution in [2.24, 2.45) is 5.92 Å². The molecule has 2 rings (SSSR count). The molecule has 0 saturated carbocycles. The van der Waals surface area contributed by atoms with Gasteiger partial charge < -0.3 is 10.2 Å². The van der Waals surface area contributed by atoms with Crippen LogP contribution in [0.15, 0.2) is 12.3 Å². The van der Waals surface area contributed by atoms with Gasteiger partial charge in [0.05, 0.1) is 4.92 Å². The summed E-state index contributed by atoms with van der Waals surface area (Å²) < 4.78 is 0. The Labute approximate surface area is 111 Å². The van der Waals surface area contributed by atoms with E-state index in [1.54, 1.807) is 0 Å². The van der Waals surface area contributed by atoms with E-state index in [0.717, 1.165) is 26.1 Å². The van der Waals surface area contributed by atoms with E-state index >= 15 is 0 Å². The molecule has 100 valence electrons. The van der Waals surface area contributed by atoms with Crippen LogP contribution in [0.2, 0.25) is 0 Å².